The fourth-order valence-corrected chi connectivity index (χ4v) is 2.73. The number of carbonyl (C=O) groups excluding carboxylic acids is 1. The number of ketones is 1. The van der Waals surface area contributed by atoms with Crippen molar-refractivity contribution in [1.82, 2.24) is 20.3 Å². The van der Waals surface area contributed by atoms with E-state index in [0.717, 1.165) is 0 Å². The van der Waals surface area contributed by atoms with Gasteiger partial charge in [-0.05, 0) is 28.5 Å². The number of aromatic nitrogens is 4. The summed E-state index contributed by atoms with van der Waals surface area (Å²) in [4.78, 5) is 21.3. The molecule has 1 aromatic carbocycles. The molecule has 0 unspecified atom stereocenters. The first kappa shape index (κ1) is 12.9. The highest BCUT2D eigenvalue weighted by atomic mass is 16.6. The fourth-order valence-electron chi connectivity index (χ4n) is 2.73. The molecule has 0 amide bonds. The van der Waals surface area contributed by atoms with Gasteiger partial charge >= 0.3 is 0 Å². The molecular formula is C16H8N4O4. The summed E-state index contributed by atoms with van der Waals surface area (Å²) in [6, 6.07) is 8.91. The highest BCUT2D eigenvalue weighted by Gasteiger charge is 2.34. The van der Waals surface area contributed by atoms with Crippen molar-refractivity contribution in [1.29, 1.82) is 0 Å². The zero-order chi connectivity index (χ0) is 16.1. The van der Waals surface area contributed by atoms with Crippen LogP contribution in [0.1, 0.15) is 21.8 Å². The van der Waals surface area contributed by atoms with E-state index in [1.165, 1.54) is 0 Å². The van der Waals surface area contributed by atoms with Crippen LogP contribution in [0.15, 0.2) is 45.6 Å². The largest absolute Gasteiger partial charge is 0.485 e. The zero-order valence-electron chi connectivity index (χ0n) is 12.1. The van der Waals surface area contributed by atoms with Gasteiger partial charge in [0.1, 0.15) is 29.5 Å². The Kier molecular flexibility index (Phi) is 2.55. The molecule has 3 heterocycles. The number of carbonyl (C=O) groups is 1. The van der Waals surface area contributed by atoms with Crippen LogP contribution in [0.25, 0.3) is 22.6 Å². The van der Waals surface area contributed by atoms with Crippen LogP contribution in [0.2, 0.25) is 0 Å². The minimum atomic E-state index is -0.257. The molecule has 0 spiro atoms. The molecule has 24 heavy (non-hydrogen) atoms. The quantitative estimate of drug-likeness (QED) is 0.499. The van der Waals surface area contributed by atoms with E-state index in [-0.39, 0.29) is 29.4 Å². The summed E-state index contributed by atoms with van der Waals surface area (Å²) < 4.78 is 15.6. The smallest absolute Gasteiger partial charge is 0.244 e. The summed E-state index contributed by atoms with van der Waals surface area (Å²) in [5.41, 5.74) is 2.24. The maximum Gasteiger partial charge on any atom is 0.244 e. The van der Waals surface area contributed by atoms with Crippen molar-refractivity contribution in [2.24, 2.45) is 0 Å². The summed E-state index contributed by atoms with van der Waals surface area (Å²) >= 11 is 0. The lowest BCUT2D eigenvalue weighted by molar-refractivity contribution is 0.103. The second kappa shape index (κ2) is 4.72. The van der Waals surface area contributed by atoms with Crippen molar-refractivity contribution in [3.8, 4) is 17.0 Å². The predicted octanol–water partition coefficient (Wildman–Crippen LogP) is 2.40. The van der Waals surface area contributed by atoms with E-state index < -0.39 is 0 Å². The number of fused-ring (bicyclic) bond motifs is 4. The Morgan fingerprint density at radius 3 is 2.62 bits per heavy atom. The molecule has 1 aliphatic rings. The monoisotopic (exact) mass is 320 g/mol. The molecule has 0 atom stereocenters. The van der Waals surface area contributed by atoms with E-state index in [1.807, 2.05) is 0 Å². The Balaban J connectivity index is 1.61. The first-order chi connectivity index (χ1) is 11.8. The lowest BCUT2D eigenvalue weighted by Gasteiger charge is -2.08. The van der Waals surface area contributed by atoms with E-state index >= 15 is 0 Å². The average Bonchev–Trinajstić information content (AvgIpc) is 3.32. The summed E-state index contributed by atoms with van der Waals surface area (Å²) in [5.74, 6) is 0.868. The van der Waals surface area contributed by atoms with Crippen LogP contribution in [-0.4, -0.2) is 26.1 Å². The average molecular weight is 320 g/mol. The minimum absolute atomic E-state index is 0.202. The maximum absolute atomic E-state index is 12.8. The van der Waals surface area contributed by atoms with Gasteiger partial charge in [-0.2, -0.15) is 0 Å². The molecule has 0 N–H and O–H groups in total. The summed E-state index contributed by atoms with van der Waals surface area (Å²) in [7, 11) is 0. The Labute approximate surface area is 134 Å². The van der Waals surface area contributed by atoms with Crippen LogP contribution in [0.5, 0.6) is 5.75 Å². The Hall–Kier alpha value is -3.55. The Morgan fingerprint density at radius 2 is 1.83 bits per heavy atom. The third kappa shape index (κ3) is 1.76. The number of ether oxygens (including phenoxy) is 1. The molecule has 116 valence electrons. The highest BCUT2D eigenvalue weighted by molar-refractivity contribution is 6.21. The predicted molar refractivity (Wildman–Crippen MR) is 79.3 cm³/mol. The molecule has 8 nitrogen and oxygen atoms in total. The number of hydrogen-bond donors (Lipinski definition) is 0. The lowest BCUT2D eigenvalue weighted by Crippen LogP contribution is -2.03. The third-order valence-corrected chi connectivity index (χ3v) is 3.79. The normalized spacial score (nSPS) is 12.4. The minimum Gasteiger partial charge on any atom is -0.485 e. The van der Waals surface area contributed by atoms with Crippen LogP contribution in [-0.2, 0) is 6.61 Å². The molecule has 1 aliphatic carbocycles. The van der Waals surface area contributed by atoms with Gasteiger partial charge in [0.15, 0.2) is 0 Å². The number of hydrogen-bond acceptors (Lipinski definition) is 8. The standard InChI is InChI=1S/C16H8N4O4/c21-14-11-9(12-13(14)18-16-15(17-12)19-24-20-16)4-1-5-10(11)23-7-8-3-2-6-22-8/h1-6H,7H2. The zero-order valence-corrected chi connectivity index (χ0v) is 12.1. The maximum atomic E-state index is 12.8. The first-order valence-corrected chi connectivity index (χ1v) is 7.15. The molecule has 0 bridgehead atoms. The second-order valence-corrected chi connectivity index (χ2v) is 5.21. The first-order valence-electron chi connectivity index (χ1n) is 7.15. The van der Waals surface area contributed by atoms with E-state index in [0.29, 0.717) is 28.3 Å². The van der Waals surface area contributed by atoms with E-state index in [2.05, 4.69) is 24.9 Å². The van der Waals surface area contributed by atoms with E-state index in [4.69, 9.17) is 9.15 Å². The molecule has 0 fully saturated rings. The van der Waals surface area contributed by atoms with Crippen LogP contribution in [0, 0.1) is 0 Å². The summed E-state index contributed by atoms with van der Waals surface area (Å²) in [6.07, 6.45) is 1.57. The molecular weight excluding hydrogens is 312 g/mol. The SMILES string of the molecule is O=C1c2nc3nonc3nc2-c2cccc(OCc3ccco3)c21. The van der Waals surface area contributed by atoms with E-state index in [1.54, 1.807) is 36.6 Å². The second-order valence-electron chi connectivity index (χ2n) is 5.21. The van der Waals surface area contributed by atoms with Gasteiger partial charge < -0.3 is 9.15 Å². The van der Waals surface area contributed by atoms with Gasteiger partial charge in [0, 0.05) is 5.56 Å². The van der Waals surface area contributed by atoms with Crippen LogP contribution >= 0.6 is 0 Å². The summed E-state index contributed by atoms with van der Waals surface area (Å²) in [6.45, 7) is 0.225. The van der Waals surface area contributed by atoms with Crippen molar-refractivity contribution < 1.29 is 18.6 Å². The van der Waals surface area contributed by atoms with Crippen molar-refractivity contribution in [3.05, 3.63) is 53.6 Å². The van der Waals surface area contributed by atoms with Gasteiger partial charge in [0.05, 0.1) is 11.8 Å². The summed E-state index contributed by atoms with van der Waals surface area (Å²) in [5, 5.41) is 7.30. The van der Waals surface area contributed by atoms with Gasteiger partial charge in [-0.15, -0.1) is 0 Å². The molecule has 0 saturated carbocycles. The van der Waals surface area contributed by atoms with Crippen LogP contribution in [0.4, 0.5) is 0 Å². The number of rotatable bonds is 3. The number of benzene rings is 1. The van der Waals surface area contributed by atoms with Crippen molar-refractivity contribution in [2.45, 2.75) is 6.61 Å². The van der Waals surface area contributed by atoms with Crippen LogP contribution in [0.3, 0.4) is 0 Å². The molecule has 0 radical (unpaired) electrons. The van der Waals surface area contributed by atoms with Gasteiger partial charge in [-0.25, -0.2) is 14.6 Å². The van der Waals surface area contributed by atoms with Gasteiger partial charge in [-0.1, -0.05) is 12.1 Å². The Bertz CT molecular complexity index is 1080. The van der Waals surface area contributed by atoms with Crippen molar-refractivity contribution >= 4 is 17.1 Å². The van der Waals surface area contributed by atoms with Crippen LogP contribution < -0.4 is 4.74 Å². The van der Waals surface area contributed by atoms with Crippen molar-refractivity contribution in [3.63, 3.8) is 0 Å². The molecule has 8 heteroatoms. The molecule has 0 saturated heterocycles. The number of furan rings is 1. The van der Waals surface area contributed by atoms with Gasteiger partial charge in [0.2, 0.25) is 17.1 Å². The van der Waals surface area contributed by atoms with E-state index in [9.17, 15) is 4.79 Å². The van der Waals surface area contributed by atoms with Gasteiger partial charge in [-0.3, -0.25) is 4.79 Å². The number of nitrogens with zero attached hydrogens (tertiary/aromatic N) is 4. The molecule has 0 aliphatic heterocycles. The highest BCUT2D eigenvalue weighted by Crippen LogP contribution is 2.39. The topological polar surface area (TPSA) is 104 Å². The third-order valence-electron chi connectivity index (χ3n) is 3.79. The molecule has 5 rings (SSSR count). The Morgan fingerprint density at radius 1 is 1.00 bits per heavy atom. The van der Waals surface area contributed by atoms with Crippen molar-refractivity contribution in [2.75, 3.05) is 0 Å². The molecule has 3 aromatic heterocycles. The van der Waals surface area contributed by atoms with Gasteiger partial charge in [0.25, 0.3) is 0 Å². The lowest BCUT2D eigenvalue weighted by atomic mass is 10.1. The molecule has 4 aromatic rings. The fraction of sp³-hybridized carbons (Fsp3) is 0.0625.